The number of amides is 2. The molecule has 2 amide bonds. The largest absolute Gasteiger partial charge is 0.483 e. The van der Waals surface area contributed by atoms with E-state index in [0.717, 1.165) is 16.9 Å². The van der Waals surface area contributed by atoms with Crippen LogP contribution in [0.15, 0.2) is 18.2 Å². The van der Waals surface area contributed by atoms with Crippen LogP contribution >= 0.6 is 0 Å². The predicted molar refractivity (Wildman–Crippen MR) is 80.2 cm³/mol. The average Bonchev–Trinajstić information content (AvgIpc) is 2.47. The highest BCUT2D eigenvalue weighted by Crippen LogP contribution is 2.19. The zero-order valence-corrected chi connectivity index (χ0v) is 12.8. The number of ether oxygens (including phenoxy) is 1. The summed E-state index contributed by atoms with van der Waals surface area (Å²) in [6.45, 7) is 6.85. The van der Waals surface area contributed by atoms with Crippen molar-refractivity contribution in [3.05, 3.63) is 29.3 Å². The molecular weight excluding hydrogens is 268 g/mol. The molecule has 1 atom stereocenters. The Morgan fingerprint density at radius 1 is 1.43 bits per heavy atom. The van der Waals surface area contributed by atoms with Gasteiger partial charge in [-0.3, -0.25) is 9.59 Å². The van der Waals surface area contributed by atoms with Gasteiger partial charge in [-0.05, 0) is 37.5 Å². The van der Waals surface area contributed by atoms with Gasteiger partial charge < -0.3 is 15.0 Å². The second-order valence-corrected chi connectivity index (χ2v) is 5.36. The van der Waals surface area contributed by atoms with E-state index in [1.807, 2.05) is 39.0 Å². The minimum Gasteiger partial charge on any atom is -0.483 e. The number of rotatable bonds is 4. The fourth-order valence-electron chi connectivity index (χ4n) is 2.50. The van der Waals surface area contributed by atoms with Crippen LogP contribution in [0.4, 0.5) is 0 Å². The van der Waals surface area contributed by atoms with Gasteiger partial charge in [-0.15, -0.1) is 0 Å². The first-order chi connectivity index (χ1) is 10.0. The lowest BCUT2D eigenvalue weighted by Gasteiger charge is -2.34. The van der Waals surface area contributed by atoms with Gasteiger partial charge in [0, 0.05) is 13.1 Å². The molecule has 1 aliphatic heterocycles. The molecular formula is C16H22N2O3. The molecule has 5 nitrogen and oxygen atoms in total. The molecule has 1 saturated heterocycles. The molecule has 1 heterocycles. The molecule has 2 rings (SSSR count). The van der Waals surface area contributed by atoms with Gasteiger partial charge in [-0.2, -0.15) is 0 Å². The SMILES string of the molecule is CCC1C(=O)NCCN1C(=O)COc1cc(C)ccc1C. The van der Waals surface area contributed by atoms with Gasteiger partial charge in [-0.25, -0.2) is 0 Å². The summed E-state index contributed by atoms with van der Waals surface area (Å²) < 4.78 is 5.64. The van der Waals surface area contributed by atoms with E-state index in [9.17, 15) is 9.59 Å². The van der Waals surface area contributed by atoms with E-state index < -0.39 is 0 Å². The highest BCUT2D eigenvalue weighted by atomic mass is 16.5. The van der Waals surface area contributed by atoms with Crippen LogP contribution in [0.3, 0.4) is 0 Å². The van der Waals surface area contributed by atoms with E-state index in [0.29, 0.717) is 19.5 Å². The van der Waals surface area contributed by atoms with Crippen LogP contribution in [0.25, 0.3) is 0 Å². The van der Waals surface area contributed by atoms with Crippen LogP contribution in [0.5, 0.6) is 5.75 Å². The van der Waals surface area contributed by atoms with Gasteiger partial charge in [0.1, 0.15) is 11.8 Å². The third kappa shape index (κ3) is 3.54. The highest BCUT2D eigenvalue weighted by molar-refractivity contribution is 5.89. The van der Waals surface area contributed by atoms with Gasteiger partial charge in [0.15, 0.2) is 6.61 Å². The molecule has 1 aromatic carbocycles. The van der Waals surface area contributed by atoms with E-state index in [4.69, 9.17) is 4.74 Å². The second-order valence-electron chi connectivity index (χ2n) is 5.36. The van der Waals surface area contributed by atoms with Gasteiger partial charge in [0.05, 0.1) is 0 Å². The van der Waals surface area contributed by atoms with E-state index in [-0.39, 0.29) is 24.5 Å². The van der Waals surface area contributed by atoms with E-state index >= 15 is 0 Å². The molecule has 1 aliphatic rings. The lowest BCUT2D eigenvalue weighted by atomic mass is 10.1. The summed E-state index contributed by atoms with van der Waals surface area (Å²) >= 11 is 0. The highest BCUT2D eigenvalue weighted by Gasteiger charge is 2.31. The first-order valence-electron chi connectivity index (χ1n) is 7.30. The molecule has 0 bridgehead atoms. The number of carbonyl (C=O) groups is 2. The van der Waals surface area contributed by atoms with Crippen LogP contribution in [-0.4, -0.2) is 42.5 Å². The smallest absolute Gasteiger partial charge is 0.261 e. The molecule has 0 saturated carbocycles. The minimum atomic E-state index is -0.381. The van der Waals surface area contributed by atoms with Gasteiger partial charge in [0.2, 0.25) is 5.91 Å². The summed E-state index contributed by atoms with van der Waals surface area (Å²) in [4.78, 5) is 25.7. The van der Waals surface area contributed by atoms with Crippen molar-refractivity contribution in [3.63, 3.8) is 0 Å². The zero-order valence-electron chi connectivity index (χ0n) is 12.8. The zero-order chi connectivity index (χ0) is 15.4. The Hall–Kier alpha value is -2.04. The fraction of sp³-hybridized carbons (Fsp3) is 0.500. The Balaban J connectivity index is 2.00. The second kappa shape index (κ2) is 6.61. The molecule has 1 N–H and O–H groups in total. The summed E-state index contributed by atoms with van der Waals surface area (Å²) in [5.74, 6) is 0.499. The molecule has 1 fully saturated rings. The number of aryl methyl sites for hydroxylation is 2. The number of nitrogens with one attached hydrogen (secondary N) is 1. The number of nitrogens with zero attached hydrogens (tertiary/aromatic N) is 1. The topological polar surface area (TPSA) is 58.6 Å². The average molecular weight is 290 g/mol. The minimum absolute atomic E-state index is 0.0337. The maximum atomic E-state index is 12.3. The Morgan fingerprint density at radius 3 is 2.90 bits per heavy atom. The first kappa shape index (κ1) is 15.4. The lowest BCUT2D eigenvalue weighted by molar-refractivity contribution is -0.144. The van der Waals surface area contributed by atoms with Crippen molar-refractivity contribution in [1.29, 1.82) is 0 Å². The quantitative estimate of drug-likeness (QED) is 0.912. The Morgan fingerprint density at radius 2 is 2.19 bits per heavy atom. The van der Waals surface area contributed by atoms with Crippen LogP contribution in [0, 0.1) is 13.8 Å². The fourth-order valence-corrected chi connectivity index (χ4v) is 2.50. The maximum absolute atomic E-state index is 12.3. The van der Waals surface area contributed by atoms with Crippen molar-refractivity contribution in [3.8, 4) is 5.75 Å². The molecule has 0 spiro atoms. The molecule has 114 valence electrons. The van der Waals surface area contributed by atoms with Crippen molar-refractivity contribution in [2.45, 2.75) is 33.2 Å². The van der Waals surface area contributed by atoms with E-state index in [1.54, 1.807) is 4.90 Å². The van der Waals surface area contributed by atoms with Crippen molar-refractivity contribution >= 4 is 11.8 Å². The lowest BCUT2D eigenvalue weighted by Crippen LogP contribution is -2.57. The molecule has 0 radical (unpaired) electrons. The Kier molecular flexibility index (Phi) is 4.83. The maximum Gasteiger partial charge on any atom is 0.261 e. The molecule has 1 aromatic rings. The van der Waals surface area contributed by atoms with E-state index in [1.165, 1.54) is 0 Å². The molecule has 1 unspecified atom stereocenters. The van der Waals surface area contributed by atoms with Crippen LogP contribution in [-0.2, 0) is 9.59 Å². The number of hydrogen-bond donors (Lipinski definition) is 1. The molecule has 0 aromatic heterocycles. The van der Waals surface area contributed by atoms with Gasteiger partial charge in [0.25, 0.3) is 5.91 Å². The van der Waals surface area contributed by atoms with Crippen LogP contribution in [0.2, 0.25) is 0 Å². The van der Waals surface area contributed by atoms with Crippen molar-refractivity contribution in [1.82, 2.24) is 10.2 Å². The number of piperazine rings is 1. The van der Waals surface area contributed by atoms with E-state index in [2.05, 4.69) is 5.32 Å². The monoisotopic (exact) mass is 290 g/mol. The van der Waals surface area contributed by atoms with Gasteiger partial charge in [-0.1, -0.05) is 19.1 Å². The van der Waals surface area contributed by atoms with Gasteiger partial charge >= 0.3 is 0 Å². The van der Waals surface area contributed by atoms with Crippen molar-refractivity contribution < 1.29 is 14.3 Å². The molecule has 0 aliphatic carbocycles. The summed E-state index contributed by atoms with van der Waals surface area (Å²) in [6, 6.07) is 5.52. The first-order valence-corrected chi connectivity index (χ1v) is 7.30. The number of hydrogen-bond acceptors (Lipinski definition) is 3. The number of carbonyl (C=O) groups excluding carboxylic acids is 2. The molecule has 5 heteroatoms. The third-order valence-electron chi connectivity index (χ3n) is 3.73. The third-order valence-corrected chi connectivity index (χ3v) is 3.73. The van der Waals surface area contributed by atoms with Crippen molar-refractivity contribution in [2.75, 3.05) is 19.7 Å². The Bertz CT molecular complexity index is 542. The molecule has 21 heavy (non-hydrogen) atoms. The summed E-state index contributed by atoms with van der Waals surface area (Å²) in [5, 5.41) is 2.78. The number of benzene rings is 1. The standard InChI is InChI=1S/C16H22N2O3/c1-4-13-16(20)17-7-8-18(13)15(19)10-21-14-9-11(2)5-6-12(14)3/h5-6,9,13H,4,7-8,10H2,1-3H3,(H,17,20). The predicted octanol–water partition coefficient (Wildman–Crippen LogP) is 1.42. The normalized spacial score (nSPS) is 18.3. The summed E-state index contributed by atoms with van der Waals surface area (Å²) in [6.07, 6.45) is 0.612. The van der Waals surface area contributed by atoms with Crippen LogP contribution in [0.1, 0.15) is 24.5 Å². The summed E-state index contributed by atoms with van der Waals surface area (Å²) in [7, 11) is 0. The van der Waals surface area contributed by atoms with Crippen molar-refractivity contribution in [2.24, 2.45) is 0 Å². The van der Waals surface area contributed by atoms with Crippen LogP contribution < -0.4 is 10.1 Å². The summed E-state index contributed by atoms with van der Waals surface area (Å²) in [5.41, 5.74) is 2.09. The Labute approximate surface area is 125 Å².